The lowest BCUT2D eigenvalue weighted by Crippen LogP contribution is -2.43. The fourth-order valence-electron chi connectivity index (χ4n) is 8.64. The molecule has 16 heteroatoms. The van der Waals surface area contributed by atoms with E-state index in [1.807, 2.05) is 36.7 Å². The van der Waals surface area contributed by atoms with Gasteiger partial charge in [0.25, 0.3) is 11.8 Å². The number of aromatic nitrogens is 4. The fraction of sp³-hybridized carbons (Fsp3) is 0.292. The zero-order valence-electron chi connectivity index (χ0n) is 35.1. The minimum atomic E-state index is -0.692. The van der Waals surface area contributed by atoms with Crippen LogP contribution in [0.15, 0.2) is 85.2 Å². The molecule has 0 aliphatic carbocycles. The average molecular weight is 873 g/mol. The molecule has 0 radical (unpaired) electrons. The predicted molar refractivity (Wildman–Crippen MR) is 231 cm³/mol. The Labute approximate surface area is 366 Å². The van der Waals surface area contributed by atoms with Crippen molar-refractivity contribution in [3.8, 4) is 22.5 Å². The first-order chi connectivity index (χ1) is 31.0. The molecule has 2 N–H and O–H groups in total. The van der Waals surface area contributed by atoms with Gasteiger partial charge < -0.3 is 29.9 Å². The van der Waals surface area contributed by atoms with E-state index in [0.29, 0.717) is 72.9 Å². The van der Waals surface area contributed by atoms with E-state index >= 15 is 0 Å². The van der Waals surface area contributed by atoms with Gasteiger partial charge in [-0.3, -0.25) is 19.6 Å². The zero-order valence-corrected chi connectivity index (χ0v) is 35.1. The predicted octanol–water partition coefficient (Wildman–Crippen LogP) is 6.96. The number of halogens is 4. The Hall–Kier alpha value is -6.78. The molecule has 2 saturated heterocycles. The van der Waals surface area contributed by atoms with Gasteiger partial charge in [0.1, 0.15) is 23.3 Å². The molecule has 8 heterocycles. The van der Waals surface area contributed by atoms with Crippen LogP contribution in [-0.4, -0.2) is 83.4 Å². The summed E-state index contributed by atoms with van der Waals surface area (Å²) in [5.41, 5.74) is 6.66. The molecule has 4 aliphatic heterocycles. The van der Waals surface area contributed by atoms with E-state index in [4.69, 9.17) is 9.47 Å². The highest BCUT2D eigenvalue weighted by molar-refractivity contribution is 6.00. The van der Waals surface area contributed by atoms with Crippen LogP contribution in [0.1, 0.15) is 68.5 Å². The van der Waals surface area contributed by atoms with Crippen LogP contribution in [0.2, 0.25) is 0 Å². The molecule has 2 atom stereocenters. The number of fused-ring (bicyclic) bond motifs is 2. The molecule has 12 nitrogen and oxygen atoms in total. The highest BCUT2D eigenvalue weighted by Gasteiger charge is 2.29. The van der Waals surface area contributed by atoms with Gasteiger partial charge in [-0.2, -0.15) is 0 Å². The van der Waals surface area contributed by atoms with Crippen LogP contribution >= 0.6 is 0 Å². The number of benzene rings is 2. The van der Waals surface area contributed by atoms with E-state index in [1.54, 1.807) is 12.1 Å². The Morgan fingerprint density at radius 3 is 1.36 bits per heavy atom. The lowest BCUT2D eigenvalue weighted by molar-refractivity contribution is 0.0957. The van der Waals surface area contributed by atoms with Crippen LogP contribution in [0.5, 0.6) is 0 Å². The summed E-state index contributed by atoms with van der Waals surface area (Å²) in [6.07, 6.45) is 4.33. The summed E-state index contributed by atoms with van der Waals surface area (Å²) in [5, 5.41) is 5.50. The molecule has 2 aromatic carbocycles. The molecule has 4 aromatic heterocycles. The molecular formula is C48H44F4N8O4. The van der Waals surface area contributed by atoms with E-state index in [1.165, 1.54) is 36.4 Å². The number of hydrogen-bond acceptors (Lipinski definition) is 10. The monoisotopic (exact) mass is 872 g/mol. The third kappa shape index (κ3) is 8.62. The molecule has 0 saturated carbocycles. The van der Waals surface area contributed by atoms with E-state index in [-0.39, 0.29) is 59.5 Å². The number of hydrogen-bond donors (Lipinski definition) is 2. The summed E-state index contributed by atoms with van der Waals surface area (Å²) in [6.45, 7) is 8.99. The van der Waals surface area contributed by atoms with E-state index in [2.05, 4.69) is 54.2 Å². The molecule has 1 unspecified atom stereocenters. The number of morpholine rings is 2. The highest BCUT2D eigenvalue weighted by atomic mass is 19.1. The number of rotatable bonds is 8. The van der Waals surface area contributed by atoms with Crippen molar-refractivity contribution in [3.63, 3.8) is 0 Å². The van der Waals surface area contributed by atoms with Crippen LogP contribution < -0.4 is 20.4 Å². The topological polar surface area (TPSA) is 135 Å². The molecule has 2 amide bonds. The summed E-state index contributed by atoms with van der Waals surface area (Å²) in [4.78, 5) is 47.3. The average Bonchev–Trinajstić information content (AvgIpc) is 3.86. The van der Waals surface area contributed by atoms with Gasteiger partial charge in [-0.25, -0.2) is 27.5 Å². The summed E-state index contributed by atoms with van der Waals surface area (Å²) in [7, 11) is 0. The van der Waals surface area contributed by atoms with Crippen molar-refractivity contribution in [3.05, 3.63) is 153 Å². The number of nitrogens with zero attached hydrogens (tertiary/aromatic N) is 6. The third-order valence-electron chi connectivity index (χ3n) is 11.8. The summed E-state index contributed by atoms with van der Waals surface area (Å²) < 4.78 is 68.5. The van der Waals surface area contributed by atoms with Gasteiger partial charge in [-0.05, 0) is 85.6 Å². The molecule has 6 aromatic rings. The maximum absolute atomic E-state index is 14.4. The first kappa shape index (κ1) is 42.5. The fourth-order valence-corrected chi connectivity index (χ4v) is 8.64. The van der Waals surface area contributed by atoms with Crippen molar-refractivity contribution in [2.75, 3.05) is 49.3 Å². The number of nitrogens with one attached hydrogen (secondary N) is 2. The van der Waals surface area contributed by atoms with Gasteiger partial charge in [-0.1, -0.05) is 12.1 Å². The normalized spacial score (nSPS) is 17.9. The second-order valence-electron chi connectivity index (χ2n) is 16.1. The van der Waals surface area contributed by atoms with Crippen LogP contribution in [0.4, 0.5) is 28.9 Å². The van der Waals surface area contributed by atoms with Crippen molar-refractivity contribution in [1.29, 1.82) is 0 Å². The second kappa shape index (κ2) is 18.1. The third-order valence-corrected chi connectivity index (χ3v) is 11.8. The Balaban J connectivity index is 0.000000162. The van der Waals surface area contributed by atoms with E-state index in [9.17, 15) is 27.2 Å². The first-order valence-electron chi connectivity index (χ1n) is 21.1. The number of carbonyl (C=O) groups excluding carboxylic acids is 2. The minimum Gasteiger partial charge on any atom is -0.377 e. The van der Waals surface area contributed by atoms with E-state index in [0.717, 1.165) is 35.9 Å². The van der Waals surface area contributed by atoms with Gasteiger partial charge in [0.15, 0.2) is 0 Å². The molecule has 2 fully saturated rings. The van der Waals surface area contributed by atoms with Crippen molar-refractivity contribution >= 4 is 23.2 Å². The van der Waals surface area contributed by atoms with Crippen molar-refractivity contribution in [2.24, 2.45) is 0 Å². The standard InChI is InChI=1S/2C24H22F2N4O2/c2*1-14-13-32-8-7-30(14)17-6-5-16(27-11-17)9-15-10-20(23-18(25)3-2-4-19(23)26)29-21-12-28-24(31)22(15)21/h2*2-6,10-11,14H,7-9,12-13H2,1H3,(H,28,31)/t14-;/m0./s1. The number of anilines is 2. The highest BCUT2D eigenvalue weighted by Crippen LogP contribution is 2.33. The van der Waals surface area contributed by atoms with Crippen molar-refractivity contribution in [2.45, 2.75) is 51.9 Å². The minimum absolute atomic E-state index is 0.171. The van der Waals surface area contributed by atoms with Crippen molar-refractivity contribution < 1.29 is 36.6 Å². The smallest absolute Gasteiger partial charge is 0.253 e. The maximum Gasteiger partial charge on any atom is 0.253 e. The van der Waals surface area contributed by atoms with Crippen LogP contribution in [0, 0.1) is 23.3 Å². The number of pyridine rings is 4. The van der Waals surface area contributed by atoms with E-state index < -0.39 is 23.3 Å². The number of carbonyl (C=O) groups is 2. The molecule has 64 heavy (non-hydrogen) atoms. The molecule has 328 valence electrons. The molecule has 4 aliphatic rings. The Morgan fingerprint density at radius 2 is 1.00 bits per heavy atom. The maximum atomic E-state index is 14.4. The van der Waals surface area contributed by atoms with Gasteiger partial charge >= 0.3 is 0 Å². The summed E-state index contributed by atoms with van der Waals surface area (Å²) in [6, 6.07) is 19.0. The Morgan fingerprint density at radius 1 is 0.594 bits per heavy atom. The Bertz CT molecular complexity index is 2510. The SMILES string of the molecule is CC1COCCN1c1ccc(Cc2cc(-c3c(F)cccc3F)nc3c2C(=O)NC3)nc1.C[C@H]1COCCN1c1ccc(Cc2cc(-c3c(F)cccc3F)nc3c2C(=O)NC3)nc1. The lowest BCUT2D eigenvalue weighted by atomic mass is 9.98. The van der Waals surface area contributed by atoms with Gasteiger partial charge in [0.05, 0.1) is 108 Å². The van der Waals surface area contributed by atoms with Crippen LogP contribution in [0.3, 0.4) is 0 Å². The first-order valence-corrected chi connectivity index (χ1v) is 21.1. The lowest BCUT2D eigenvalue weighted by Gasteiger charge is -2.35. The summed E-state index contributed by atoms with van der Waals surface area (Å²) >= 11 is 0. The summed E-state index contributed by atoms with van der Waals surface area (Å²) in [5.74, 6) is -3.24. The molecule has 10 rings (SSSR count). The van der Waals surface area contributed by atoms with Crippen molar-refractivity contribution in [1.82, 2.24) is 30.6 Å². The second-order valence-corrected chi connectivity index (χ2v) is 16.1. The number of amides is 2. The zero-order chi connectivity index (χ0) is 44.5. The quantitative estimate of drug-likeness (QED) is 0.155. The molecule has 0 bridgehead atoms. The van der Waals surface area contributed by atoms with Gasteiger partial charge in [0.2, 0.25) is 0 Å². The van der Waals surface area contributed by atoms with Gasteiger partial charge in [-0.15, -0.1) is 0 Å². The number of ether oxygens (including phenoxy) is 2. The molecule has 0 spiro atoms. The van der Waals surface area contributed by atoms with Crippen LogP contribution in [-0.2, 0) is 35.4 Å². The molecular weight excluding hydrogens is 829 g/mol. The Kier molecular flexibility index (Phi) is 12.0. The largest absolute Gasteiger partial charge is 0.377 e. The van der Waals surface area contributed by atoms with Crippen LogP contribution in [0.25, 0.3) is 22.5 Å². The van der Waals surface area contributed by atoms with Gasteiger partial charge in [0, 0.05) is 49.4 Å².